The van der Waals surface area contributed by atoms with Gasteiger partial charge in [0, 0.05) is 42.8 Å². The lowest BCUT2D eigenvalue weighted by atomic mass is 10.0. The van der Waals surface area contributed by atoms with E-state index in [1.54, 1.807) is 30.7 Å². The van der Waals surface area contributed by atoms with E-state index in [1.165, 1.54) is 12.1 Å². The van der Waals surface area contributed by atoms with Crippen molar-refractivity contribution in [3.8, 4) is 22.4 Å². The van der Waals surface area contributed by atoms with Gasteiger partial charge in [-0.05, 0) is 29.8 Å². The van der Waals surface area contributed by atoms with E-state index in [0.29, 0.717) is 19.0 Å². The molecule has 0 spiro atoms. The maximum absolute atomic E-state index is 13.2. The standard InChI is InChI=1S/C17H16FN5.ClH/c18-14-3-1-12(2-4-14)15-11-22-17(21-10-7-19)23-16(15)13-5-8-20-9-6-13;/h1-6,8-9,11H,7,10,19H2,(H,21,22,23);1H. The van der Waals surface area contributed by atoms with Crippen LogP contribution in [0.15, 0.2) is 55.0 Å². The van der Waals surface area contributed by atoms with Crippen LogP contribution in [0.5, 0.6) is 0 Å². The molecule has 24 heavy (non-hydrogen) atoms. The summed E-state index contributed by atoms with van der Waals surface area (Å²) in [6.45, 7) is 1.08. The van der Waals surface area contributed by atoms with Crippen LogP contribution in [0.3, 0.4) is 0 Å². The van der Waals surface area contributed by atoms with Crippen molar-refractivity contribution in [1.29, 1.82) is 0 Å². The highest BCUT2D eigenvalue weighted by Gasteiger charge is 2.11. The van der Waals surface area contributed by atoms with Crippen molar-refractivity contribution >= 4 is 18.4 Å². The first-order valence-corrected chi connectivity index (χ1v) is 7.25. The largest absolute Gasteiger partial charge is 0.353 e. The zero-order chi connectivity index (χ0) is 16.1. The predicted octanol–water partition coefficient (Wildman–Crippen LogP) is 3.14. The molecule has 0 saturated heterocycles. The highest BCUT2D eigenvalue weighted by atomic mass is 35.5. The van der Waals surface area contributed by atoms with Crippen molar-refractivity contribution in [1.82, 2.24) is 15.0 Å². The van der Waals surface area contributed by atoms with Gasteiger partial charge in [0.05, 0.1) is 5.69 Å². The molecule has 3 rings (SSSR count). The molecule has 0 unspecified atom stereocenters. The SMILES string of the molecule is Cl.NCCNc1ncc(-c2ccc(F)cc2)c(-c2ccncc2)n1. The molecule has 2 heterocycles. The molecule has 3 N–H and O–H groups in total. The Kier molecular flexibility index (Phi) is 6.17. The monoisotopic (exact) mass is 345 g/mol. The second kappa shape index (κ2) is 8.33. The van der Waals surface area contributed by atoms with E-state index >= 15 is 0 Å². The van der Waals surface area contributed by atoms with E-state index in [-0.39, 0.29) is 18.2 Å². The molecule has 0 saturated carbocycles. The van der Waals surface area contributed by atoms with Gasteiger partial charge < -0.3 is 11.1 Å². The molecule has 5 nitrogen and oxygen atoms in total. The topological polar surface area (TPSA) is 76.7 Å². The van der Waals surface area contributed by atoms with E-state index in [1.807, 2.05) is 12.1 Å². The van der Waals surface area contributed by atoms with Crippen LogP contribution in [0.1, 0.15) is 0 Å². The van der Waals surface area contributed by atoms with Gasteiger partial charge in [0.25, 0.3) is 0 Å². The van der Waals surface area contributed by atoms with E-state index < -0.39 is 0 Å². The van der Waals surface area contributed by atoms with Crippen LogP contribution in [-0.4, -0.2) is 28.0 Å². The Bertz CT molecular complexity index is 781. The maximum atomic E-state index is 13.2. The van der Waals surface area contributed by atoms with E-state index in [0.717, 1.165) is 22.4 Å². The van der Waals surface area contributed by atoms with Gasteiger partial charge in [0.15, 0.2) is 0 Å². The minimum Gasteiger partial charge on any atom is -0.353 e. The first kappa shape index (κ1) is 17.8. The molecule has 0 aliphatic rings. The molecule has 1 aromatic carbocycles. The minimum absolute atomic E-state index is 0. The Balaban J connectivity index is 0.00000208. The number of benzene rings is 1. The van der Waals surface area contributed by atoms with Crippen molar-refractivity contribution < 1.29 is 4.39 Å². The van der Waals surface area contributed by atoms with E-state index in [4.69, 9.17) is 5.73 Å². The van der Waals surface area contributed by atoms with Crippen LogP contribution in [0.2, 0.25) is 0 Å². The summed E-state index contributed by atoms with van der Waals surface area (Å²) in [4.78, 5) is 12.9. The molecular formula is C17H17ClFN5. The smallest absolute Gasteiger partial charge is 0.223 e. The summed E-state index contributed by atoms with van der Waals surface area (Å²) in [5, 5.41) is 3.07. The third-order valence-electron chi connectivity index (χ3n) is 3.33. The fraction of sp³-hybridized carbons (Fsp3) is 0.118. The van der Waals surface area contributed by atoms with Crippen molar-refractivity contribution in [3.05, 3.63) is 60.8 Å². The first-order chi connectivity index (χ1) is 11.3. The van der Waals surface area contributed by atoms with Gasteiger partial charge in [-0.25, -0.2) is 14.4 Å². The molecule has 0 radical (unpaired) electrons. The molecule has 124 valence electrons. The lowest BCUT2D eigenvalue weighted by Gasteiger charge is -2.11. The summed E-state index contributed by atoms with van der Waals surface area (Å²) in [6, 6.07) is 10.0. The molecular weight excluding hydrogens is 329 g/mol. The number of rotatable bonds is 5. The second-order valence-electron chi connectivity index (χ2n) is 4.91. The second-order valence-corrected chi connectivity index (χ2v) is 4.91. The molecule has 7 heteroatoms. The minimum atomic E-state index is -0.277. The van der Waals surface area contributed by atoms with Gasteiger partial charge >= 0.3 is 0 Å². The number of nitrogens with two attached hydrogens (primary N) is 1. The Hall–Kier alpha value is -2.57. The van der Waals surface area contributed by atoms with Gasteiger partial charge in [-0.1, -0.05) is 12.1 Å². The molecule has 3 aromatic rings. The molecule has 2 aromatic heterocycles. The highest BCUT2D eigenvalue weighted by Crippen LogP contribution is 2.30. The normalized spacial score (nSPS) is 10.1. The zero-order valence-corrected chi connectivity index (χ0v) is 13.6. The van der Waals surface area contributed by atoms with Crippen LogP contribution >= 0.6 is 12.4 Å². The number of nitrogens with zero attached hydrogens (tertiary/aromatic N) is 3. The average Bonchev–Trinajstić information content (AvgIpc) is 2.61. The van der Waals surface area contributed by atoms with Crippen LogP contribution in [-0.2, 0) is 0 Å². The Morgan fingerprint density at radius 2 is 1.71 bits per heavy atom. The number of hydrogen-bond acceptors (Lipinski definition) is 5. The molecule has 0 aliphatic heterocycles. The number of anilines is 1. The third-order valence-corrected chi connectivity index (χ3v) is 3.33. The van der Waals surface area contributed by atoms with Crippen LogP contribution in [0.4, 0.5) is 10.3 Å². The van der Waals surface area contributed by atoms with Crippen molar-refractivity contribution in [3.63, 3.8) is 0 Å². The van der Waals surface area contributed by atoms with E-state index in [9.17, 15) is 4.39 Å². The van der Waals surface area contributed by atoms with Gasteiger partial charge in [0.1, 0.15) is 5.82 Å². The first-order valence-electron chi connectivity index (χ1n) is 7.25. The predicted molar refractivity (Wildman–Crippen MR) is 95.4 cm³/mol. The average molecular weight is 346 g/mol. The van der Waals surface area contributed by atoms with Crippen LogP contribution in [0.25, 0.3) is 22.4 Å². The zero-order valence-electron chi connectivity index (χ0n) is 12.8. The molecule has 0 atom stereocenters. The molecule has 0 amide bonds. The Morgan fingerprint density at radius 3 is 2.38 bits per heavy atom. The van der Waals surface area contributed by atoms with Crippen molar-refractivity contribution in [2.24, 2.45) is 5.73 Å². The summed E-state index contributed by atoms with van der Waals surface area (Å²) < 4.78 is 13.2. The van der Waals surface area contributed by atoms with Gasteiger partial charge in [0.2, 0.25) is 5.95 Å². The number of pyridine rings is 1. The lowest BCUT2D eigenvalue weighted by Crippen LogP contribution is -2.15. The van der Waals surface area contributed by atoms with Gasteiger partial charge in [-0.2, -0.15) is 0 Å². The summed E-state index contributed by atoms with van der Waals surface area (Å²) in [7, 11) is 0. The fourth-order valence-electron chi connectivity index (χ4n) is 2.22. The van der Waals surface area contributed by atoms with Crippen LogP contribution in [0, 0.1) is 5.82 Å². The Labute approximate surface area is 145 Å². The van der Waals surface area contributed by atoms with E-state index in [2.05, 4.69) is 20.3 Å². The molecule has 0 aliphatic carbocycles. The summed E-state index contributed by atoms with van der Waals surface area (Å²) >= 11 is 0. The molecule has 0 bridgehead atoms. The number of nitrogens with one attached hydrogen (secondary N) is 1. The van der Waals surface area contributed by atoms with Crippen molar-refractivity contribution in [2.45, 2.75) is 0 Å². The maximum Gasteiger partial charge on any atom is 0.223 e. The quantitative estimate of drug-likeness (QED) is 0.743. The number of aromatic nitrogens is 3. The summed E-state index contributed by atoms with van der Waals surface area (Å²) in [5.74, 6) is 0.231. The third kappa shape index (κ3) is 4.04. The van der Waals surface area contributed by atoms with Gasteiger partial charge in [-0.3, -0.25) is 4.98 Å². The highest BCUT2D eigenvalue weighted by molar-refractivity contribution is 5.85. The number of halogens is 2. The fourth-order valence-corrected chi connectivity index (χ4v) is 2.22. The number of hydrogen-bond donors (Lipinski definition) is 2. The summed E-state index contributed by atoms with van der Waals surface area (Å²) in [5.41, 5.74) is 8.85. The lowest BCUT2D eigenvalue weighted by molar-refractivity contribution is 0.628. The van der Waals surface area contributed by atoms with Crippen molar-refractivity contribution in [2.75, 3.05) is 18.4 Å². The summed E-state index contributed by atoms with van der Waals surface area (Å²) in [6.07, 6.45) is 5.15. The Morgan fingerprint density at radius 1 is 1.00 bits per heavy atom. The van der Waals surface area contributed by atoms with Crippen LogP contribution < -0.4 is 11.1 Å². The van der Waals surface area contributed by atoms with Gasteiger partial charge in [-0.15, -0.1) is 12.4 Å². The molecule has 0 fully saturated rings.